The smallest absolute Gasteiger partial charge is 0.244 e. The first-order chi connectivity index (χ1) is 8.84. The van der Waals surface area contributed by atoms with Crippen LogP contribution in [0.15, 0.2) is 48.1 Å². The minimum absolute atomic E-state index is 0.0737. The summed E-state index contributed by atoms with van der Waals surface area (Å²) >= 11 is 1.71. The lowest BCUT2D eigenvalue weighted by atomic mass is 10.2. The van der Waals surface area contributed by atoms with Crippen LogP contribution < -0.4 is 5.32 Å². The van der Waals surface area contributed by atoms with E-state index in [1.165, 1.54) is 11.0 Å². The van der Waals surface area contributed by atoms with E-state index in [9.17, 15) is 4.79 Å². The SMILES string of the molecule is O=C(/C=C/c1cccnc1)NCCc1cccs1. The van der Waals surface area contributed by atoms with Gasteiger partial charge in [-0.3, -0.25) is 9.78 Å². The molecule has 1 amide bonds. The number of aromatic nitrogens is 1. The second-order valence-electron chi connectivity index (χ2n) is 3.74. The molecule has 0 atom stereocenters. The molecule has 2 aromatic rings. The largest absolute Gasteiger partial charge is 0.352 e. The molecule has 2 rings (SSSR count). The summed E-state index contributed by atoms with van der Waals surface area (Å²) in [6, 6.07) is 7.84. The van der Waals surface area contributed by atoms with E-state index in [4.69, 9.17) is 0 Å². The number of carbonyl (C=O) groups is 1. The number of amides is 1. The maximum atomic E-state index is 11.5. The van der Waals surface area contributed by atoms with Crippen molar-refractivity contribution in [2.75, 3.05) is 6.54 Å². The maximum absolute atomic E-state index is 11.5. The molecule has 1 N–H and O–H groups in total. The van der Waals surface area contributed by atoms with Crippen LogP contribution in [0, 0.1) is 0 Å². The number of carbonyl (C=O) groups excluding carboxylic acids is 1. The molecule has 0 aliphatic rings. The van der Waals surface area contributed by atoms with Crippen molar-refractivity contribution in [3.63, 3.8) is 0 Å². The molecule has 4 heteroatoms. The van der Waals surface area contributed by atoms with Gasteiger partial charge in [-0.05, 0) is 35.6 Å². The number of hydrogen-bond donors (Lipinski definition) is 1. The Morgan fingerprint density at radius 2 is 2.33 bits per heavy atom. The molecule has 18 heavy (non-hydrogen) atoms. The number of pyridine rings is 1. The Bertz CT molecular complexity index is 506. The molecule has 0 saturated carbocycles. The Hall–Kier alpha value is -1.94. The Labute approximate surface area is 110 Å². The topological polar surface area (TPSA) is 42.0 Å². The highest BCUT2D eigenvalue weighted by molar-refractivity contribution is 7.09. The lowest BCUT2D eigenvalue weighted by Crippen LogP contribution is -2.23. The predicted octanol–water partition coefficient (Wildman–Crippen LogP) is 2.52. The normalized spacial score (nSPS) is 10.7. The highest BCUT2D eigenvalue weighted by Gasteiger charge is 1.96. The van der Waals surface area contributed by atoms with Gasteiger partial charge < -0.3 is 5.32 Å². The molecule has 3 nitrogen and oxygen atoms in total. The highest BCUT2D eigenvalue weighted by Crippen LogP contribution is 2.08. The standard InChI is InChI=1S/C14H14N2OS/c17-14(6-5-12-3-1-8-15-11-12)16-9-7-13-4-2-10-18-13/h1-6,8,10-11H,7,9H2,(H,16,17)/b6-5+. The molecule has 0 aliphatic heterocycles. The van der Waals surface area contributed by atoms with Gasteiger partial charge in [0.05, 0.1) is 0 Å². The van der Waals surface area contributed by atoms with E-state index in [1.54, 1.807) is 29.8 Å². The molecule has 0 aromatic carbocycles. The molecule has 0 radical (unpaired) electrons. The van der Waals surface area contributed by atoms with Crippen LogP contribution in [-0.2, 0) is 11.2 Å². The molecule has 2 heterocycles. The first-order valence-corrected chi connectivity index (χ1v) is 6.61. The van der Waals surface area contributed by atoms with Crippen LogP contribution in [0.4, 0.5) is 0 Å². The third kappa shape index (κ3) is 4.14. The average molecular weight is 258 g/mol. The fraction of sp³-hybridized carbons (Fsp3) is 0.143. The van der Waals surface area contributed by atoms with Crippen molar-refractivity contribution in [1.29, 1.82) is 0 Å². The zero-order chi connectivity index (χ0) is 12.6. The summed E-state index contributed by atoms with van der Waals surface area (Å²) in [6.45, 7) is 0.663. The van der Waals surface area contributed by atoms with E-state index in [0.29, 0.717) is 6.54 Å². The summed E-state index contributed by atoms with van der Waals surface area (Å²) in [7, 11) is 0. The molecule has 0 spiro atoms. The van der Waals surface area contributed by atoms with Crippen molar-refractivity contribution in [2.24, 2.45) is 0 Å². The minimum Gasteiger partial charge on any atom is -0.352 e. The van der Waals surface area contributed by atoms with Gasteiger partial charge in [0.1, 0.15) is 0 Å². The second-order valence-corrected chi connectivity index (χ2v) is 4.77. The number of rotatable bonds is 5. The Balaban J connectivity index is 1.74. The van der Waals surface area contributed by atoms with Crippen LogP contribution in [0.1, 0.15) is 10.4 Å². The van der Waals surface area contributed by atoms with Gasteiger partial charge in [-0.1, -0.05) is 12.1 Å². The van der Waals surface area contributed by atoms with Crippen LogP contribution >= 0.6 is 11.3 Å². The minimum atomic E-state index is -0.0737. The summed E-state index contributed by atoms with van der Waals surface area (Å²) in [6.07, 6.45) is 7.59. The van der Waals surface area contributed by atoms with Crippen molar-refractivity contribution in [3.8, 4) is 0 Å². The molecule has 92 valence electrons. The fourth-order valence-electron chi connectivity index (χ4n) is 1.47. The molecule has 2 aromatic heterocycles. The molecular weight excluding hydrogens is 244 g/mol. The number of nitrogens with zero attached hydrogens (tertiary/aromatic N) is 1. The van der Waals surface area contributed by atoms with Gasteiger partial charge in [-0.15, -0.1) is 11.3 Å². The summed E-state index contributed by atoms with van der Waals surface area (Å²) < 4.78 is 0. The number of thiophene rings is 1. The maximum Gasteiger partial charge on any atom is 0.244 e. The fourth-order valence-corrected chi connectivity index (χ4v) is 2.18. The zero-order valence-corrected chi connectivity index (χ0v) is 10.7. The van der Waals surface area contributed by atoms with Crippen molar-refractivity contribution in [3.05, 3.63) is 58.6 Å². The molecule has 0 unspecified atom stereocenters. The zero-order valence-electron chi connectivity index (χ0n) is 9.87. The van der Waals surface area contributed by atoms with E-state index in [-0.39, 0.29) is 5.91 Å². The average Bonchev–Trinajstić information content (AvgIpc) is 2.91. The summed E-state index contributed by atoms with van der Waals surface area (Å²) in [5.74, 6) is -0.0737. The van der Waals surface area contributed by atoms with Crippen molar-refractivity contribution >= 4 is 23.3 Å². The first kappa shape index (κ1) is 12.5. The monoisotopic (exact) mass is 258 g/mol. The second kappa shape index (κ2) is 6.71. The molecule has 0 aliphatic carbocycles. The van der Waals surface area contributed by atoms with Crippen molar-refractivity contribution in [1.82, 2.24) is 10.3 Å². The van der Waals surface area contributed by atoms with Crippen LogP contribution in [-0.4, -0.2) is 17.4 Å². The summed E-state index contributed by atoms with van der Waals surface area (Å²) in [5.41, 5.74) is 0.922. The van der Waals surface area contributed by atoms with E-state index >= 15 is 0 Å². The molecule has 0 bridgehead atoms. The Kier molecular flexibility index (Phi) is 4.67. The van der Waals surface area contributed by atoms with Crippen LogP contribution in [0.2, 0.25) is 0 Å². The van der Waals surface area contributed by atoms with Crippen molar-refractivity contribution < 1.29 is 4.79 Å². The molecular formula is C14H14N2OS. The van der Waals surface area contributed by atoms with Gasteiger partial charge in [0, 0.05) is 29.9 Å². The Morgan fingerprint density at radius 1 is 1.39 bits per heavy atom. The van der Waals surface area contributed by atoms with Crippen LogP contribution in [0.5, 0.6) is 0 Å². The highest BCUT2D eigenvalue weighted by atomic mass is 32.1. The third-order valence-corrected chi connectivity index (χ3v) is 3.30. The van der Waals surface area contributed by atoms with Gasteiger partial charge in [-0.25, -0.2) is 0 Å². The Morgan fingerprint density at radius 3 is 3.06 bits per heavy atom. The van der Waals surface area contributed by atoms with Crippen LogP contribution in [0.25, 0.3) is 6.08 Å². The molecule has 0 fully saturated rings. The number of hydrogen-bond acceptors (Lipinski definition) is 3. The number of nitrogens with one attached hydrogen (secondary N) is 1. The van der Waals surface area contributed by atoms with E-state index in [1.807, 2.05) is 23.6 Å². The lowest BCUT2D eigenvalue weighted by Gasteiger charge is -2.00. The van der Waals surface area contributed by atoms with Gasteiger partial charge in [0.15, 0.2) is 0 Å². The van der Waals surface area contributed by atoms with Gasteiger partial charge in [-0.2, -0.15) is 0 Å². The van der Waals surface area contributed by atoms with Gasteiger partial charge in [0.2, 0.25) is 5.91 Å². The quantitative estimate of drug-likeness (QED) is 0.837. The summed E-state index contributed by atoms with van der Waals surface area (Å²) in [4.78, 5) is 16.8. The van der Waals surface area contributed by atoms with E-state index in [2.05, 4.69) is 16.4 Å². The first-order valence-electron chi connectivity index (χ1n) is 5.73. The lowest BCUT2D eigenvalue weighted by molar-refractivity contribution is -0.116. The molecule has 0 saturated heterocycles. The predicted molar refractivity (Wildman–Crippen MR) is 74.3 cm³/mol. The van der Waals surface area contributed by atoms with E-state index < -0.39 is 0 Å². The van der Waals surface area contributed by atoms with E-state index in [0.717, 1.165) is 12.0 Å². The van der Waals surface area contributed by atoms with Gasteiger partial charge in [0.25, 0.3) is 0 Å². The van der Waals surface area contributed by atoms with Crippen molar-refractivity contribution in [2.45, 2.75) is 6.42 Å². The van der Waals surface area contributed by atoms with Gasteiger partial charge >= 0.3 is 0 Å². The van der Waals surface area contributed by atoms with Crippen LogP contribution in [0.3, 0.4) is 0 Å². The summed E-state index contributed by atoms with van der Waals surface area (Å²) in [5, 5.41) is 4.89. The third-order valence-electron chi connectivity index (χ3n) is 2.36.